The summed E-state index contributed by atoms with van der Waals surface area (Å²) in [5, 5.41) is 0. The smallest absolute Gasteiger partial charge is 0.204 e. The molecule has 4 heteroatoms. The second-order valence-corrected chi connectivity index (χ2v) is 8.96. The molecule has 0 spiro atoms. The highest BCUT2D eigenvalue weighted by atomic mass is 19.2. The Morgan fingerprint density at radius 3 is 2.32 bits per heavy atom. The number of hydrogen-bond acceptors (Lipinski definition) is 2. The summed E-state index contributed by atoms with van der Waals surface area (Å²) in [5.41, 5.74) is 1.74. The Kier molecular flexibility index (Phi) is 7.00. The number of allylic oxidation sites excluding steroid dienone is 1. The first kappa shape index (κ1) is 21.1. The van der Waals surface area contributed by atoms with Crippen LogP contribution in [0, 0.1) is 42.2 Å². The van der Waals surface area contributed by atoms with Gasteiger partial charge >= 0.3 is 0 Å². The maximum atomic E-state index is 14.3. The van der Waals surface area contributed by atoms with E-state index in [4.69, 9.17) is 9.47 Å². The van der Waals surface area contributed by atoms with Gasteiger partial charge in [0.1, 0.15) is 6.61 Å². The number of rotatable bonds is 6. The Bertz CT molecular complexity index is 703. The highest BCUT2D eigenvalue weighted by Crippen LogP contribution is 2.41. The lowest BCUT2D eigenvalue weighted by atomic mass is 9.69. The van der Waals surface area contributed by atoms with Crippen molar-refractivity contribution in [3.63, 3.8) is 0 Å². The lowest BCUT2D eigenvalue weighted by Crippen LogP contribution is -2.25. The quantitative estimate of drug-likeness (QED) is 0.493. The van der Waals surface area contributed by atoms with Gasteiger partial charge in [0, 0.05) is 0 Å². The van der Waals surface area contributed by atoms with Crippen molar-refractivity contribution in [3.8, 4) is 11.5 Å². The molecule has 0 radical (unpaired) electrons. The maximum Gasteiger partial charge on any atom is 0.204 e. The third-order valence-corrected chi connectivity index (χ3v) is 6.91. The van der Waals surface area contributed by atoms with Crippen LogP contribution in [0.25, 0.3) is 0 Å². The fourth-order valence-corrected chi connectivity index (χ4v) is 4.95. The lowest BCUT2D eigenvalue weighted by Gasteiger charge is -2.36. The molecular formula is C24H34F2O2. The third kappa shape index (κ3) is 4.69. The van der Waals surface area contributed by atoms with Crippen LogP contribution in [0.2, 0.25) is 0 Å². The van der Waals surface area contributed by atoms with Crippen molar-refractivity contribution in [3.05, 3.63) is 34.9 Å². The summed E-state index contributed by atoms with van der Waals surface area (Å²) >= 11 is 0. The SMILES string of the molecule is COc1cc(C)c(OCC2=CCC(C3CCC(C(C)C)CC3)CC2)c(F)c1F. The summed E-state index contributed by atoms with van der Waals surface area (Å²) in [6.07, 6.45) is 11.0. The maximum absolute atomic E-state index is 14.3. The standard InChI is InChI=1S/C24H34F2O2/c1-15(2)18-9-11-20(12-10-18)19-7-5-17(6-8-19)14-28-24-16(3)13-21(27-4)22(25)23(24)26/h5,13,15,18-20H,6-12,14H2,1-4H3. The second kappa shape index (κ2) is 9.28. The van der Waals surface area contributed by atoms with E-state index in [0.717, 1.165) is 36.5 Å². The molecule has 0 N–H and O–H groups in total. The zero-order valence-corrected chi connectivity index (χ0v) is 17.7. The van der Waals surface area contributed by atoms with Crippen LogP contribution in [0.4, 0.5) is 8.78 Å². The third-order valence-electron chi connectivity index (χ3n) is 6.91. The lowest BCUT2D eigenvalue weighted by molar-refractivity contribution is 0.165. The summed E-state index contributed by atoms with van der Waals surface area (Å²) in [6, 6.07) is 1.48. The monoisotopic (exact) mass is 392 g/mol. The van der Waals surface area contributed by atoms with E-state index in [0.29, 0.717) is 12.2 Å². The van der Waals surface area contributed by atoms with Gasteiger partial charge in [0.25, 0.3) is 0 Å². The summed E-state index contributed by atoms with van der Waals surface area (Å²) in [6.45, 7) is 6.73. The van der Waals surface area contributed by atoms with E-state index in [1.165, 1.54) is 50.9 Å². The molecule has 1 saturated carbocycles. The number of benzene rings is 1. The Labute approximate surface area is 168 Å². The van der Waals surface area contributed by atoms with Crippen LogP contribution >= 0.6 is 0 Å². The van der Waals surface area contributed by atoms with Crippen molar-refractivity contribution in [2.24, 2.45) is 23.7 Å². The van der Waals surface area contributed by atoms with Gasteiger partial charge in [-0.2, -0.15) is 8.78 Å². The first-order valence-corrected chi connectivity index (χ1v) is 10.7. The molecule has 1 unspecified atom stereocenters. The summed E-state index contributed by atoms with van der Waals surface area (Å²) in [4.78, 5) is 0. The van der Waals surface area contributed by atoms with Gasteiger partial charge in [-0.1, -0.05) is 19.9 Å². The summed E-state index contributed by atoms with van der Waals surface area (Å²) < 4.78 is 38.7. The minimum atomic E-state index is -0.988. The fourth-order valence-electron chi connectivity index (χ4n) is 4.95. The Morgan fingerprint density at radius 2 is 1.75 bits per heavy atom. The average Bonchev–Trinajstić information content (AvgIpc) is 2.71. The first-order chi connectivity index (χ1) is 13.4. The molecule has 0 heterocycles. The molecule has 0 amide bonds. The van der Waals surface area contributed by atoms with Crippen LogP contribution in [0.15, 0.2) is 17.7 Å². The van der Waals surface area contributed by atoms with Crippen molar-refractivity contribution >= 4 is 0 Å². The minimum absolute atomic E-state index is 0.00617. The molecule has 156 valence electrons. The van der Waals surface area contributed by atoms with Gasteiger partial charge in [-0.15, -0.1) is 0 Å². The number of aryl methyl sites for hydroxylation is 1. The number of hydrogen-bond donors (Lipinski definition) is 0. The van der Waals surface area contributed by atoms with Crippen LogP contribution in [0.5, 0.6) is 11.5 Å². The molecule has 0 saturated heterocycles. The van der Waals surface area contributed by atoms with Gasteiger partial charge in [0.05, 0.1) is 7.11 Å². The van der Waals surface area contributed by atoms with Crippen LogP contribution in [-0.4, -0.2) is 13.7 Å². The molecule has 2 aliphatic carbocycles. The molecule has 1 fully saturated rings. The summed E-state index contributed by atoms with van der Waals surface area (Å²) in [5.74, 6) is 1.29. The molecule has 3 rings (SSSR count). The molecule has 2 aliphatic rings. The van der Waals surface area contributed by atoms with Gasteiger partial charge in [-0.25, -0.2) is 0 Å². The first-order valence-electron chi connectivity index (χ1n) is 10.7. The molecule has 0 bridgehead atoms. The van der Waals surface area contributed by atoms with Crippen LogP contribution in [-0.2, 0) is 0 Å². The summed E-state index contributed by atoms with van der Waals surface area (Å²) in [7, 11) is 1.33. The van der Waals surface area contributed by atoms with E-state index in [2.05, 4.69) is 19.9 Å². The molecule has 28 heavy (non-hydrogen) atoms. The van der Waals surface area contributed by atoms with Crippen molar-refractivity contribution in [1.29, 1.82) is 0 Å². The van der Waals surface area contributed by atoms with Crippen molar-refractivity contribution < 1.29 is 18.3 Å². The van der Waals surface area contributed by atoms with E-state index < -0.39 is 11.6 Å². The van der Waals surface area contributed by atoms with Crippen molar-refractivity contribution in [1.82, 2.24) is 0 Å². The minimum Gasteiger partial charge on any atom is -0.494 e. The molecule has 1 atom stereocenters. The average molecular weight is 393 g/mol. The number of ether oxygens (including phenoxy) is 2. The van der Waals surface area contributed by atoms with Gasteiger partial charge < -0.3 is 9.47 Å². The van der Waals surface area contributed by atoms with Gasteiger partial charge in [0.15, 0.2) is 11.5 Å². The van der Waals surface area contributed by atoms with Crippen LogP contribution < -0.4 is 9.47 Å². The van der Waals surface area contributed by atoms with Gasteiger partial charge in [0.2, 0.25) is 11.6 Å². The van der Waals surface area contributed by atoms with Crippen molar-refractivity contribution in [2.75, 3.05) is 13.7 Å². The molecule has 0 aliphatic heterocycles. The Morgan fingerprint density at radius 1 is 1.04 bits per heavy atom. The van der Waals surface area contributed by atoms with Crippen molar-refractivity contribution in [2.45, 2.75) is 65.7 Å². The Balaban J connectivity index is 1.54. The highest BCUT2D eigenvalue weighted by Gasteiger charge is 2.29. The van der Waals surface area contributed by atoms with E-state index in [-0.39, 0.29) is 11.5 Å². The second-order valence-electron chi connectivity index (χ2n) is 8.96. The van der Waals surface area contributed by atoms with E-state index in [1.807, 2.05) is 0 Å². The molecule has 0 aromatic heterocycles. The Hall–Kier alpha value is -1.58. The van der Waals surface area contributed by atoms with Crippen LogP contribution in [0.1, 0.15) is 64.4 Å². The number of methoxy groups -OCH3 is 1. The molecule has 1 aromatic carbocycles. The van der Waals surface area contributed by atoms with Gasteiger partial charge in [-0.05, 0) is 92.7 Å². The normalized spacial score (nSPS) is 25.5. The van der Waals surface area contributed by atoms with E-state index in [9.17, 15) is 8.78 Å². The fraction of sp³-hybridized carbons (Fsp3) is 0.667. The zero-order valence-electron chi connectivity index (χ0n) is 17.7. The van der Waals surface area contributed by atoms with E-state index >= 15 is 0 Å². The highest BCUT2D eigenvalue weighted by molar-refractivity contribution is 5.42. The molecule has 1 aromatic rings. The predicted octanol–water partition coefficient (Wildman–Crippen LogP) is 6.85. The topological polar surface area (TPSA) is 18.5 Å². The number of halogens is 2. The zero-order chi connectivity index (χ0) is 20.3. The molecule has 2 nitrogen and oxygen atoms in total. The van der Waals surface area contributed by atoms with Crippen LogP contribution in [0.3, 0.4) is 0 Å². The predicted molar refractivity (Wildman–Crippen MR) is 109 cm³/mol. The molecular weight excluding hydrogens is 358 g/mol. The van der Waals surface area contributed by atoms with Gasteiger partial charge in [-0.3, -0.25) is 0 Å². The largest absolute Gasteiger partial charge is 0.494 e. The van der Waals surface area contributed by atoms with E-state index in [1.54, 1.807) is 6.92 Å².